The van der Waals surface area contributed by atoms with E-state index in [2.05, 4.69) is 17.1 Å². The molecule has 0 radical (unpaired) electrons. The molecule has 1 fully saturated rings. The standard InChI is InChI=1S/C15H21N3OS2/c1-10-9-21-7-6-18(10)11(2)15(19)17-13-5-3-4-12(8-13)14(16)20/h3-5,8,10-11H,6-7,9H2,1-2H3,(H2,16,20)(H,17,19). The molecule has 1 heterocycles. The molecule has 114 valence electrons. The first-order chi connectivity index (χ1) is 9.99. The molecule has 1 aromatic carbocycles. The Labute approximate surface area is 135 Å². The van der Waals surface area contributed by atoms with Gasteiger partial charge >= 0.3 is 0 Å². The van der Waals surface area contributed by atoms with Crippen LogP contribution in [0, 0.1) is 0 Å². The Hall–Kier alpha value is -1.11. The van der Waals surface area contributed by atoms with E-state index in [1.54, 1.807) is 0 Å². The summed E-state index contributed by atoms with van der Waals surface area (Å²) in [5.74, 6) is 2.17. The smallest absolute Gasteiger partial charge is 0.241 e. The number of nitrogens with two attached hydrogens (primary N) is 1. The fourth-order valence-electron chi connectivity index (χ4n) is 2.46. The van der Waals surface area contributed by atoms with Crippen LogP contribution in [0.3, 0.4) is 0 Å². The van der Waals surface area contributed by atoms with Crippen molar-refractivity contribution in [3.63, 3.8) is 0 Å². The number of amides is 1. The Morgan fingerprint density at radius 1 is 1.57 bits per heavy atom. The van der Waals surface area contributed by atoms with Crippen LogP contribution in [0.5, 0.6) is 0 Å². The lowest BCUT2D eigenvalue weighted by Crippen LogP contribution is -2.50. The second kappa shape index (κ2) is 7.24. The van der Waals surface area contributed by atoms with Crippen molar-refractivity contribution in [2.75, 3.05) is 23.4 Å². The molecule has 2 rings (SSSR count). The number of nitrogens with zero attached hydrogens (tertiary/aromatic N) is 1. The molecule has 0 spiro atoms. The normalized spacial score (nSPS) is 20.8. The van der Waals surface area contributed by atoms with Gasteiger partial charge in [-0.3, -0.25) is 9.69 Å². The summed E-state index contributed by atoms with van der Waals surface area (Å²) in [6, 6.07) is 7.62. The van der Waals surface area contributed by atoms with Gasteiger partial charge in [-0.05, 0) is 26.0 Å². The minimum Gasteiger partial charge on any atom is -0.389 e. The molecule has 1 aromatic rings. The number of hydrogen-bond acceptors (Lipinski definition) is 4. The molecule has 0 aromatic heterocycles. The topological polar surface area (TPSA) is 58.4 Å². The van der Waals surface area contributed by atoms with Gasteiger partial charge in [0.2, 0.25) is 5.91 Å². The highest BCUT2D eigenvalue weighted by molar-refractivity contribution is 7.99. The lowest BCUT2D eigenvalue weighted by Gasteiger charge is -2.36. The van der Waals surface area contributed by atoms with Crippen LogP contribution in [-0.4, -0.2) is 45.9 Å². The molecule has 4 nitrogen and oxygen atoms in total. The average Bonchev–Trinajstić information content (AvgIpc) is 2.47. The number of rotatable bonds is 4. The molecule has 3 N–H and O–H groups in total. The number of anilines is 1. The highest BCUT2D eigenvalue weighted by Gasteiger charge is 2.27. The molecular weight excluding hydrogens is 302 g/mol. The molecule has 2 atom stereocenters. The second-order valence-corrected chi connectivity index (χ2v) is 6.86. The van der Waals surface area contributed by atoms with Crippen LogP contribution >= 0.6 is 24.0 Å². The summed E-state index contributed by atoms with van der Waals surface area (Å²) in [5, 5.41) is 2.95. The quantitative estimate of drug-likeness (QED) is 0.831. The Morgan fingerprint density at radius 3 is 3.00 bits per heavy atom. The first-order valence-corrected chi connectivity index (χ1v) is 8.59. The Kier molecular flexibility index (Phi) is 5.61. The summed E-state index contributed by atoms with van der Waals surface area (Å²) >= 11 is 6.90. The Morgan fingerprint density at radius 2 is 2.33 bits per heavy atom. The number of nitrogens with one attached hydrogen (secondary N) is 1. The van der Waals surface area contributed by atoms with Gasteiger partial charge in [-0.2, -0.15) is 11.8 Å². The van der Waals surface area contributed by atoms with Crippen molar-refractivity contribution in [3.05, 3.63) is 29.8 Å². The fraction of sp³-hybridized carbons (Fsp3) is 0.467. The monoisotopic (exact) mass is 323 g/mol. The molecule has 1 aliphatic rings. The molecule has 0 aliphatic carbocycles. The number of carbonyl (C=O) groups excluding carboxylic acids is 1. The van der Waals surface area contributed by atoms with Crippen LogP contribution in [0.1, 0.15) is 19.4 Å². The van der Waals surface area contributed by atoms with E-state index in [9.17, 15) is 4.79 Å². The molecule has 1 aliphatic heterocycles. The number of carbonyl (C=O) groups is 1. The SMILES string of the molecule is CC1CSCCN1C(C)C(=O)Nc1cccc(C(N)=S)c1. The molecule has 1 amide bonds. The zero-order valence-corrected chi connectivity index (χ0v) is 14.0. The fourth-order valence-corrected chi connectivity index (χ4v) is 3.63. The van der Waals surface area contributed by atoms with Crippen molar-refractivity contribution in [2.24, 2.45) is 5.73 Å². The number of benzene rings is 1. The Bertz CT molecular complexity index is 535. The zero-order chi connectivity index (χ0) is 15.4. The molecular formula is C15H21N3OS2. The lowest BCUT2D eigenvalue weighted by atomic mass is 10.1. The Balaban J connectivity index is 2.03. The molecule has 6 heteroatoms. The van der Waals surface area contributed by atoms with E-state index in [1.807, 2.05) is 43.0 Å². The third-order valence-corrected chi connectivity index (χ3v) is 5.14. The average molecular weight is 323 g/mol. The van der Waals surface area contributed by atoms with Crippen LogP contribution in [0.4, 0.5) is 5.69 Å². The van der Waals surface area contributed by atoms with Crippen molar-refractivity contribution in [1.82, 2.24) is 4.90 Å². The van der Waals surface area contributed by atoms with E-state index < -0.39 is 0 Å². The van der Waals surface area contributed by atoms with Crippen LogP contribution in [-0.2, 0) is 4.79 Å². The van der Waals surface area contributed by atoms with Crippen molar-refractivity contribution in [3.8, 4) is 0 Å². The lowest BCUT2D eigenvalue weighted by molar-refractivity contribution is -0.121. The van der Waals surface area contributed by atoms with Crippen LogP contribution in [0.25, 0.3) is 0 Å². The predicted octanol–water partition coefficient (Wildman–Crippen LogP) is 2.09. The van der Waals surface area contributed by atoms with E-state index >= 15 is 0 Å². The highest BCUT2D eigenvalue weighted by atomic mass is 32.2. The van der Waals surface area contributed by atoms with E-state index in [0.717, 1.165) is 29.3 Å². The number of hydrogen-bond donors (Lipinski definition) is 2. The molecule has 0 saturated carbocycles. The van der Waals surface area contributed by atoms with Crippen LogP contribution in [0.2, 0.25) is 0 Å². The summed E-state index contributed by atoms with van der Waals surface area (Å²) in [6.07, 6.45) is 0. The molecule has 0 bridgehead atoms. The summed E-state index contributed by atoms with van der Waals surface area (Å²) in [4.78, 5) is 15.0. The van der Waals surface area contributed by atoms with E-state index in [0.29, 0.717) is 11.0 Å². The third-order valence-electron chi connectivity index (χ3n) is 3.71. The summed E-state index contributed by atoms with van der Waals surface area (Å²) in [5.41, 5.74) is 7.11. The largest absolute Gasteiger partial charge is 0.389 e. The van der Waals surface area contributed by atoms with Crippen LogP contribution in [0.15, 0.2) is 24.3 Å². The van der Waals surface area contributed by atoms with Gasteiger partial charge in [0.25, 0.3) is 0 Å². The maximum atomic E-state index is 12.4. The number of thiocarbonyl (C=S) groups is 1. The molecule has 21 heavy (non-hydrogen) atoms. The first-order valence-electron chi connectivity index (χ1n) is 7.03. The minimum atomic E-state index is -0.144. The van der Waals surface area contributed by atoms with Gasteiger partial charge in [-0.15, -0.1) is 0 Å². The highest BCUT2D eigenvalue weighted by Crippen LogP contribution is 2.19. The molecule has 2 unspecified atom stereocenters. The van der Waals surface area contributed by atoms with E-state index in [-0.39, 0.29) is 11.9 Å². The summed E-state index contributed by atoms with van der Waals surface area (Å²) in [7, 11) is 0. The number of thioether (sulfide) groups is 1. The summed E-state index contributed by atoms with van der Waals surface area (Å²) in [6.45, 7) is 5.08. The van der Waals surface area contributed by atoms with Crippen molar-refractivity contribution < 1.29 is 4.79 Å². The molecule has 1 saturated heterocycles. The first kappa shape index (κ1) is 16.3. The second-order valence-electron chi connectivity index (χ2n) is 5.27. The van der Waals surface area contributed by atoms with Gasteiger partial charge in [-0.1, -0.05) is 24.4 Å². The maximum absolute atomic E-state index is 12.4. The van der Waals surface area contributed by atoms with Crippen molar-refractivity contribution >= 4 is 40.6 Å². The van der Waals surface area contributed by atoms with Crippen molar-refractivity contribution in [2.45, 2.75) is 25.9 Å². The van der Waals surface area contributed by atoms with Gasteiger partial charge in [-0.25, -0.2) is 0 Å². The van der Waals surface area contributed by atoms with Gasteiger partial charge in [0.05, 0.1) is 6.04 Å². The minimum absolute atomic E-state index is 0.00818. The third kappa shape index (κ3) is 4.18. The van der Waals surface area contributed by atoms with Gasteiger partial charge in [0, 0.05) is 35.3 Å². The van der Waals surface area contributed by atoms with Gasteiger partial charge in [0.1, 0.15) is 4.99 Å². The van der Waals surface area contributed by atoms with E-state index in [1.165, 1.54) is 0 Å². The summed E-state index contributed by atoms with van der Waals surface area (Å²) < 4.78 is 0. The van der Waals surface area contributed by atoms with E-state index in [4.69, 9.17) is 18.0 Å². The van der Waals surface area contributed by atoms with Crippen LogP contribution < -0.4 is 11.1 Å². The van der Waals surface area contributed by atoms with Gasteiger partial charge in [0.15, 0.2) is 0 Å². The maximum Gasteiger partial charge on any atom is 0.241 e. The van der Waals surface area contributed by atoms with Crippen molar-refractivity contribution in [1.29, 1.82) is 0 Å². The predicted molar refractivity (Wildman–Crippen MR) is 93.9 cm³/mol. The van der Waals surface area contributed by atoms with Gasteiger partial charge < -0.3 is 11.1 Å². The zero-order valence-electron chi connectivity index (χ0n) is 12.3.